The maximum atomic E-state index is 15.7. The Hall–Kier alpha value is -4.56. The molecule has 0 spiro atoms. The number of carbonyl (C=O) groups is 2. The lowest BCUT2D eigenvalue weighted by Crippen LogP contribution is -2.61. The van der Waals surface area contributed by atoms with Gasteiger partial charge in [-0.05, 0) is 68.1 Å². The van der Waals surface area contributed by atoms with Gasteiger partial charge in [0, 0.05) is 82.2 Å². The molecule has 1 unspecified atom stereocenters. The Kier molecular flexibility index (Phi) is 11.7. The number of carbonyl (C=O) groups excluding carboxylic acids is 2. The number of piperidine rings is 2. The van der Waals surface area contributed by atoms with Crippen molar-refractivity contribution in [2.75, 3.05) is 64.1 Å². The van der Waals surface area contributed by atoms with Gasteiger partial charge in [-0.1, -0.05) is 0 Å². The SMILES string of the molecule is COc1cc(-c2cn(C)c(=O)c(C)c2C)cc(OC)c1CN1CCC(N2CCN(c3ccc(N)cc3F)CC2)C(F)(F)C1.O=C1CCCC(=O)N1. The van der Waals surface area contributed by atoms with Crippen molar-refractivity contribution in [2.24, 2.45) is 7.05 Å². The van der Waals surface area contributed by atoms with E-state index >= 15 is 8.78 Å². The molecule has 14 heteroatoms. The van der Waals surface area contributed by atoms with Crippen LogP contribution in [-0.2, 0) is 23.2 Å². The smallest absolute Gasteiger partial charge is 0.275 e. The van der Waals surface area contributed by atoms with E-state index in [4.69, 9.17) is 15.2 Å². The van der Waals surface area contributed by atoms with Crippen LogP contribution >= 0.6 is 0 Å². The van der Waals surface area contributed by atoms with E-state index in [9.17, 15) is 18.8 Å². The van der Waals surface area contributed by atoms with Gasteiger partial charge in [-0.2, -0.15) is 0 Å². The van der Waals surface area contributed by atoms with E-state index in [2.05, 4.69) is 5.32 Å². The normalized spacial score (nSPS) is 19.6. The number of nitrogens with one attached hydrogen (secondary N) is 1. The average molecular weight is 713 g/mol. The van der Waals surface area contributed by atoms with Crippen molar-refractivity contribution >= 4 is 23.2 Å². The van der Waals surface area contributed by atoms with Gasteiger partial charge in [-0.25, -0.2) is 13.2 Å². The maximum absolute atomic E-state index is 15.7. The average Bonchev–Trinajstić information content (AvgIpc) is 3.09. The van der Waals surface area contributed by atoms with Crippen molar-refractivity contribution in [3.05, 3.63) is 69.4 Å². The van der Waals surface area contributed by atoms with Crippen molar-refractivity contribution in [1.29, 1.82) is 0 Å². The number of methoxy groups -OCH3 is 2. The molecule has 3 aliphatic rings. The quantitative estimate of drug-likeness (QED) is 0.274. The number of amides is 2. The molecule has 1 atom stereocenters. The highest BCUT2D eigenvalue weighted by molar-refractivity contribution is 5.97. The summed E-state index contributed by atoms with van der Waals surface area (Å²) in [7, 11) is 4.82. The first-order valence-corrected chi connectivity index (χ1v) is 17.1. The summed E-state index contributed by atoms with van der Waals surface area (Å²) in [6.45, 7) is 5.82. The van der Waals surface area contributed by atoms with Gasteiger partial charge in [0.05, 0.1) is 38.1 Å². The van der Waals surface area contributed by atoms with Crippen LogP contribution in [0.3, 0.4) is 0 Å². The molecule has 3 aliphatic heterocycles. The topological polar surface area (TPSA) is 122 Å². The Morgan fingerprint density at radius 2 is 1.55 bits per heavy atom. The largest absolute Gasteiger partial charge is 0.496 e. The van der Waals surface area contributed by atoms with Crippen LogP contribution in [0.4, 0.5) is 24.5 Å². The first-order valence-electron chi connectivity index (χ1n) is 17.1. The standard InChI is InChI=1S/C32H40F3N5O3.C5H7NO2/c1-20-21(2)31(41)37(3)17-24(20)22-14-28(42-4)25(29(15-22)43-5)18-38-9-8-30(32(34,35)19-38)40-12-10-39(11-13-40)27-7-6-23(36)16-26(27)33;7-4-2-1-3-5(8)6-4/h6-7,14-17,30H,8-13,18-19,36H2,1-5H3;1-3H2,(H,6,7,8). The number of pyridine rings is 1. The summed E-state index contributed by atoms with van der Waals surface area (Å²) < 4.78 is 58.8. The monoisotopic (exact) mass is 712 g/mol. The minimum atomic E-state index is -2.93. The Labute approximate surface area is 296 Å². The molecule has 0 saturated carbocycles. The van der Waals surface area contributed by atoms with Gasteiger partial charge in [-0.15, -0.1) is 0 Å². The number of piperazine rings is 1. The van der Waals surface area contributed by atoms with Crippen LogP contribution in [0.25, 0.3) is 11.1 Å². The number of nitrogen functional groups attached to an aromatic ring is 1. The predicted octanol–water partition coefficient (Wildman–Crippen LogP) is 4.25. The van der Waals surface area contributed by atoms with Crippen LogP contribution in [0.2, 0.25) is 0 Å². The number of alkyl halides is 2. The minimum absolute atomic E-state index is 0.0567. The third-order valence-corrected chi connectivity index (χ3v) is 10.0. The maximum Gasteiger partial charge on any atom is 0.275 e. The number of halogens is 3. The molecule has 0 radical (unpaired) electrons. The van der Waals surface area contributed by atoms with Crippen LogP contribution in [0.1, 0.15) is 42.4 Å². The fourth-order valence-corrected chi connectivity index (χ4v) is 7.11. The van der Waals surface area contributed by atoms with Gasteiger partial charge in [0.2, 0.25) is 11.8 Å². The molecule has 6 rings (SSSR count). The van der Waals surface area contributed by atoms with Crippen molar-refractivity contribution in [3.63, 3.8) is 0 Å². The highest BCUT2D eigenvalue weighted by Crippen LogP contribution is 2.39. The molecule has 0 aliphatic carbocycles. The summed E-state index contributed by atoms with van der Waals surface area (Å²) in [6, 6.07) is 7.45. The fourth-order valence-electron chi connectivity index (χ4n) is 7.11. The number of benzene rings is 2. The zero-order valence-electron chi connectivity index (χ0n) is 29.9. The zero-order chi connectivity index (χ0) is 37.0. The number of hydrogen-bond acceptors (Lipinski definition) is 9. The van der Waals surface area contributed by atoms with Gasteiger partial charge < -0.3 is 24.7 Å². The van der Waals surface area contributed by atoms with Crippen molar-refractivity contribution in [3.8, 4) is 22.6 Å². The molecule has 276 valence electrons. The summed E-state index contributed by atoms with van der Waals surface area (Å²) in [5, 5.41) is 2.20. The second kappa shape index (κ2) is 15.8. The molecule has 4 heterocycles. The molecule has 3 N–H and O–H groups in total. The van der Waals surface area contributed by atoms with E-state index < -0.39 is 24.3 Å². The molecule has 1 aromatic heterocycles. The minimum Gasteiger partial charge on any atom is -0.496 e. The van der Waals surface area contributed by atoms with E-state index in [0.717, 1.165) is 16.7 Å². The van der Waals surface area contributed by atoms with Gasteiger partial charge in [0.25, 0.3) is 11.5 Å². The molecule has 11 nitrogen and oxygen atoms in total. The van der Waals surface area contributed by atoms with Crippen molar-refractivity contribution in [1.82, 2.24) is 19.7 Å². The number of imide groups is 1. The second-order valence-corrected chi connectivity index (χ2v) is 13.4. The highest BCUT2D eigenvalue weighted by atomic mass is 19.3. The molecule has 2 amide bonds. The van der Waals surface area contributed by atoms with E-state index in [1.807, 2.05) is 28.9 Å². The Morgan fingerprint density at radius 1 is 0.922 bits per heavy atom. The number of anilines is 2. The molecule has 3 saturated heterocycles. The first-order chi connectivity index (χ1) is 24.2. The lowest BCUT2D eigenvalue weighted by molar-refractivity contribution is -0.133. The Bertz CT molecular complexity index is 1790. The summed E-state index contributed by atoms with van der Waals surface area (Å²) >= 11 is 0. The lowest BCUT2D eigenvalue weighted by atomic mass is 9.95. The number of aryl methyl sites for hydroxylation is 1. The van der Waals surface area contributed by atoms with Gasteiger partial charge in [-0.3, -0.25) is 29.5 Å². The molecular formula is C37H47F3N6O5. The van der Waals surface area contributed by atoms with Crippen LogP contribution < -0.4 is 31.0 Å². The third kappa shape index (κ3) is 8.50. The van der Waals surface area contributed by atoms with Gasteiger partial charge in [0.1, 0.15) is 17.3 Å². The van der Waals surface area contributed by atoms with Crippen molar-refractivity contribution in [2.45, 2.75) is 58.0 Å². The second-order valence-electron chi connectivity index (χ2n) is 13.4. The Morgan fingerprint density at radius 3 is 2.08 bits per heavy atom. The van der Waals surface area contributed by atoms with E-state index in [1.165, 1.54) is 6.07 Å². The van der Waals surface area contributed by atoms with Crippen LogP contribution in [0, 0.1) is 19.7 Å². The molecular weight excluding hydrogens is 665 g/mol. The zero-order valence-corrected chi connectivity index (χ0v) is 29.9. The molecule has 0 bridgehead atoms. The summed E-state index contributed by atoms with van der Waals surface area (Å²) in [4.78, 5) is 38.6. The van der Waals surface area contributed by atoms with E-state index in [0.29, 0.717) is 92.4 Å². The van der Waals surface area contributed by atoms with E-state index in [1.54, 1.807) is 56.0 Å². The number of nitrogens with zero attached hydrogens (tertiary/aromatic N) is 4. The Balaban J connectivity index is 0.000000556. The number of likely N-dealkylation sites (tertiary alicyclic amines) is 1. The van der Waals surface area contributed by atoms with Crippen LogP contribution in [0.5, 0.6) is 11.5 Å². The van der Waals surface area contributed by atoms with Gasteiger partial charge in [0.15, 0.2) is 0 Å². The number of ether oxygens (including phenoxy) is 2. The summed E-state index contributed by atoms with van der Waals surface area (Å²) in [6.07, 6.45) is 3.82. The lowest BCUT2D eigenvalue weighted by Gasteiger charge is -2.46. The van der Waals surface area contributed by atoms with E-state index in [-0.39, 0.29) is 23.9 Å². The summed E-state index contributed by atoms with van der Waals surface area (Å²) in [5.74, 6) is -2.53. The number of aromatic nitrogens is 1. The molecule has 3 aromatic rings. The third-order valence-electron chi connectivity index (χ3n) is 10.0. The molecule has 2 aromatic carbocycles. The van der Waals surface area contributed by atoms with Crippen LogP contribution in [0.15, 0.2) is 41.3 Å². The first kappa shape index (κ1) is 37.7. The number of hydrogen-bond donors (Lipinski definition) is 2. The van der Waals surface area contributed by atoms with Crippen LogP contribution in [-0.4, -0.2) is 91.6 Å². The number of rotatable bonds is 7. The summed E-state index contributed by atoms with van der Waals surface area (Å²) in [5.41, 5.74) is 10.3. The molecule has 51 heavy (non-hydrogen) atoms. The van der Waals surface area contributed by atoms with Crippen molar-refractivity contribution < 1.29 is 32.2 Å². The van der Waals surface area contributed by atoms with Gasteiger partial charge >= 0.3 is 0 Å². The fraction of sp³-hybridized carbons (Fsp3) is 0.486. The molecule has 3 fully saturated rings. The number of nitrogens with two attached hydrogens (primary N) is 1. The highest BCUT2D eigenvalue weighted by Gasteiger charge is 2.48. The predicted molar refractivity (Wildman–Crippen MR) is 190 cm³/mol.